The fourth-order valence-corrected chi connectivity index (χ4v) is 6.10. The van der Waals surface area contributed by atoms with Gasteiger partial charge in [0.05, 0.1) is 18.3 Å². The number of nitrogens with zero attached hydrogens (tertiary/aromatic N) is 1. The Balaban J connectivity index is 1.42. The van der Waals surface area contributed by atoms with Crippen molar-refractivity contribution in [2.24, 2.45) is 0 Å². The fourth-order valence-electron chi connectivity index (χ4n) is 5.94. The van der Waals surface area contributed by atoms with Gasteiger partial charge in [-0.1, -0.05) is 49.1 Å². The van der Waals surface area contributed by atoms with Crippen molar-refractivity contribution in [1.29, 1.82) is 0 Å². The Hall–Kier alpha value is -2.56. The van der Waals surface area contributed by atoms with Crippen LogP contribution in [0, 0.1) is 5.82 Å². The molecule has 2 amide bonds. The average molecular weight is 570 g/mol. The highest BCUT2D eigenvalue weighted by atomic mass is 35.5. The van der Waals surface area contributed by atoms with E-state index in [0.717, 1.165) is 44.6 Å². The SMILES string of the molecule is O=C(Nc1ccc(Cl)cc1F)NC1CCCN(C2CCCCC2)C1Oc1ccccc1C1(C(F)(F)F)CCO1. The van der Waals surface area contributed by atoms with Crippen molar-refractivity contribution in [3.63, 3.8) is 0 Å². The molecule has 1 saturated carbocycles. The van der Waals surface area contributed by atoms with Crippen LogP contribution in [0.15, 0.2) is 42.5 Å². The molecule has 0 spiro atoms. The van der Waals surface area contributed by atoms with Crippen LogP contribution in [-0.2, 0) is 10.3 Å². The predicted octanol–water partition coefficient (Wildman–Crippen LogP) is 6.98. The molecule has 2 saturated heterocycles. The molecule has 11 heteroatoms. The lowest BCUT2D eigenvalue weighted by Crippen LogP contribution is -2.61. The minimum atomic E-state index is -4.61. The van der Waals surface area contributed by atoms with Gasteiger partial charge in [0.15, 0.2) is 11.8 Å². The number of hydrogen-bond donors (Lipinski definition) is 2. The van der Waals surface area contributed by atoms with Gasteiger partial charge in [-0.25, -0.2) is 9.18 Å². The van der Waals surface area contributed by atoms with E-state index < -0.39 is 35.9 Å². The van der Waals surface area contributed by atoms with E-state index in [1.165, 1.54) is 24.3 Å². The van der Waals surface area contributed by atoms with Gasteiger partial charge in [0, 0.05) is 29.6 Å². The third-order valence-electron chi connectivity index (χ3n) is 7.97. The number of rotatable bonds is 6. The van der Waals surface area contributed by atoms with Crippen molar-refractivity contribution in [2.45, 2.75) is 81.5 Å². The topological polar surface area (TPSA) is 62.8 Å². The monoisotopic (exact) mass is 569 g/mol. The molecule has 2 aliphatic heterocycles. The second kappa shape index (κ2) is 11.5. The Kier molecular flexibility index (Phi) is 8.26. The summed E-state index contributed by atoms with van der Waals surface area (Å²) in [5.74, 6) is -0.594. The van der Waals surface area contributed by atoms with Crippen LogP contribution >= 0.6 is 11.6 Å². The van der Waals surface area contributed by atoms with E-state index in [2.05, 4.69) is 15.5 Å². The number of piperidine rings is 1. The molecule has 0 aromatic heterocycles. The Morgan fingerprint density at radius 3 is 2.49 bits per heavy atom. The van der Waals surface area contributed by atoms with Gasteiger partial charge in [-0.15, -0.1) is 0 Å². The maximum Gasteiger partial charge on any atom is 0.421 e. The number of carbonyl (C=O) groups is 1. The van der Waals surface area contributed by atoms with Crippen LogP contribution in [0.3, 0.4) is 0 Å². The molecule has 3 atom stereocenters. The number of halogens is 5. The number of urea groups is 1. The Morgan fingerprint density at radius 1 is 1.08 bits per heavy atom. The standard InChI is InChI=1S/C28H32ClF4N3O3/c29-18-12-13-22(21(30)17-18)34-26(37)35-23-10-6-15-36(19-7-2-1-3-8-19)25(23)39-24-11-5-4-9-20(24)27(14-16-38-27)28(31,32)33/h4-5,9,11-13,17,19,23,25H,1-3,6-8,10,14-16H2,(H2,34,35,37). The fraction of sp³-hybridized carbons (Fsp3) is 0.536. The molecule has 1 aliphatic carbocycles. The Morgan fingerprint density at radius 2 is 1.82 bits per heavy atom. The maximum atomic E-state index is 14.3. The van der Waals surface area contributed by atoms with Gasteiger partial charge in [-0.3, -0.25) is 4.90 Å². The van der Waals surface area contributed by atoms with Crippen LogP contribution in [0.25, 0.3) is 0 Å². The zero-order valence-electron chi connectivity index (χ0n) is 21.4. The first kappa shape index (κ1) is 28.0. The number of alkyl halides is 3. The maximum absolute atomic E-state index is 14.3. The minimum Gasteiger partial charge on any atom is -0.472 e. The molecule has 2 aromatic carbocycles. The van der Waals surface area contributed by atoms with E-state index in [4.69, 9.17) is 21.1 Å². The largest absolute Gasteiger partial charge is 0.472 e. The van der Waals surface area contributed by atoms with Gasteiger partial charge in [-0.05, 0) is 49.9 Å². The second-order valence-electron chi connectivity index (χ2n) is 10.4. The van der Waals surface area contributed by atoms with Crippen LogP contribution in [0.2, 0.25) is 5.02 Å². The van der Waals surface area contributed by atoms with Crippen LogP contribution < -0.4 is 15.4 Å². The molecule has 39 heavy (non-hydrogen) atoms. The van der Waals surface area contributed by atoms with Crippen molar-refractivity contribution in [3.05, 3.63) is 58.9 Å². The minimum absolute atomic E-state index is 0.0110. The predicted molar refractivity (Wildman–Crippen MR) is 139 cm³/mol. The molecule has 5 rings (SSSR count). The smallest absolute Gasteiger partial charge is 0.421 e. The zero-order chi connectivity index (χ0) is 27.6. The van der Waals surface area contributed by atoms with Gasteiger partial charge in [0.1, 0.15) is 11.6 Å². The molecular weight excluding hydrogens is 538 g/mol. The first-order valence-corrected chi connectivity index (χ1v) is 13.8. The normalized spacial score (nSPS) is 26.5. The van der Waals surface area contributed by atoms with Crippen LogP contribution in [0.5, 0.6) is 5.75 Å². The summed E-state index contributed by atoms with van der Waals surface area (Å²) in [4.78, 5) is 15.1. The van der Waals surface area contributed by atoms with Gasteiger partial charge in [0.25, 0.3) is 0 Å². The number of nitrogens with one attached hydrogen (secondary N) is 2. The van der Waals surface area contributed by atoms with E-state index in [-0.39, 0.29) is 41.1 Å². The molecule has 212 valence electrons. The summed E-state index contributed by atoms with van der Waals surface area (Å²) < 4.78 is 68.5. The van der Waals surface area contributed by atoms with Crippen LogP contribution in [-0.4, -0.2) is 48.6 Å². The molecule has 3 fully saturated rings. The van der Waals surface area contributed by atoms with Crippen LogP contribution in [0.4, 0.5) is 28.0 Å². The summed E-state index contributed by atoms with van der Waals surface area (Å²) in [6.07, 6.45) is 0.966. The lowest BCUT2D eigenvalue weighted by Gasteiger charge is -2.47. The van der Waals surface area contributed by atoms with E-state index in [0.29, 0.717) is 13.0 Å². The Bertz CT molecular complexity index is 1170. The second-order valence-corrected chi connectivity index (χ2v) is 10.9. The van der Waals surface area contributed by atoms with Crippen molar-refractivity contribution >= 4 is 23.3 Å². The summed E-state index contributed by atoms with van der Waals surface area (Å²) in [7, 11) is 0. The molecule has 2 aromatic rings. The zero-order valence-corrected chi connectivity index (χ0v) is 22.2. The summed E-state index contributed by atoms with van der Waals surface area (Å²) >= 11 is 5.81. The molecule has 2 N–H and O–H groups in total. The summed E-state index contributed by atoms with van der Waals surface area (Å²) in [6.45, 7) is 0.709. The molecular formula is C28H32ClF4N3O3. The van der Waals surface area contributed by atoms with Crippen LogP contribution in [0.1, 0.15) is 56.9 Å². The van der Waals surface area contributed by atoms with E-state index >= 15 is 0 Å². The highest BCUT2D eigenvalue weighted by Gasteiger charge is 2.62. The van der Waals surface area contributed by atoms with Gasteiger partial charge in [0.2, 0.25) is 0 Å². The summed E-state index contributed by atoms with van der Waals surface area (Å²) in [5, 5.41) is 5.61. The lowest BCUT2D eigenvalue weighted by molar-refractivity contribution is -0.334. The van der Waals surface area contributed by atoms with E-state index in [1.807, 2.05) is 0 Å². The summed E-state index contributed by atoms with van der Waals surface area (Å²) in [6, 6.07) is 9.04. The summed E-state index contributed by atoms with van der Waals surface area (Å²) in [5.41, 5.74) is -2.52. The molecule has 2 heterocycles. The van der Waals surface area contributed by atoms with Gasteiger partial charge < -0.3 is 20.1 Å². The molecule has 0 bridgehead atoms. The number of ether oxygens (including phenoxy) is 2. The Labute approximate surface area is 230 Å². The first-order valence-electron chi connectivity index (χ1n) is 13.4. The average Bonchev–Trinajstić information content (AvgIpc) is 2.87. The molecule has 3 unspecified atom stereocenters. The third kappa shape index (κ3) is 5.83. The molecule has 0 radical (unpaired) electrons. The number of carbonyl (C=O) groups excluding carboxylic acids is 1. The lowest BCUT2D eigenvalue weighted by atomic mass is 9.85. The number of amides is 2. The van der Waals surface area contributed by atoms with Crippen molar-refractivity contribution in [1.82, 2.24) is 10.2 Å². The van der Waals surface area contributed by atoms with Gasteiger partial charge >= 0.3 is 12.2 Å². The van der Waals surface area contributed by atoms with E-state index in [9.17, 15) is 22.4 Å². The number of para-hydroxylation sites is 1. The number of hydrogen-bond acceptors (Lipinski definition) is 4. The number of likely N-dealkylation sites (tertiary alicyclic amines) is 1. The quantitative estimate of drug-likeness (QED) is 0.368. The number of benzene rings is 2. The highest BCUT2D eigenvalue weighted by Crippen LogP contribution is 2.53. The molecule has 3 aliphatic rings. The van der Waals surface area contributed by atoms with Crippen molar-refractivity contribution in [3.8, 4) is 5.75 Å². The number of anilines is 1. The third-order valence-corrected chi connectivity index (χ3v) is 8.21. The first-order chi connectivity index (χ1) is 18.7. The van der Waals surface area contributed by atoms with Gasteiger partial charge in [-0.2, -0.15) is 13.2 Å². The van der Waals surface area contributed by atoms with Crippen molar-refractivity contribution in [2.75, 3.05) is 18.5 Å². The highest BCUT2D eigenvalue weighted by molar-refractivity contribution is 6.30. The van der Waals surface area contributed by atoms with E-state index in [1.54, 1.807) is 12.1 Å². The molecule has 6 nitrogen and oxygen atoms in total. The van der Waals surface area contributed by atoms with Crippen molar-refractivity contribution < 1.29 is 31.8 Å².